The van der Waals surface area contributed by atoms with E-state index in [0.717, 1.165) is 0 Å². The van der Waals surface area contributed by atoms with Crippen molar-refractivity contribution in [3.8, 4) is 5.88 Å². The zero-order valence-corrected chi connectivity index (χ0v) is 7.27. The summed E-state index contributed by atoms with van der Waals surface area (Å²) in [6.45, 7) is 1.20. The second-order valence-electron chi connectivity index (χ2n) is 2.91. The van der Waals surface area contributed by atoms with Gasteiger partial charge in [-0.15, -0.1) is 5.10 Å². The summed E-state index contributed by atoms with van der Waals surface area (Å²) in [5.74, 6) is 0.468. The molecule has 5 nitrogen and oxygen atoms in total. The minimum atomic E-state index is -0.141. The van der Waals surface area contributed by atoms with E-state index in [2.05, 4.69) is 5.10 Å². The summed E-state index contributed by atoms with van der Waals surface area (Å²) in [4.78, 5) is 11.0. The van der Waals surface area contributed by atoms with Gasteiger partial charge >= 0.3 is 0 Å². The Morgan fingerprint density at radius 3 is 2.92 bits per heavy atom. The number of ether oxygens (including phenoxy) is 2. The molecule has 1 aliphatic heterocycles. The molecule has 0 spiro atoms. The maximum Gasteiger partial charge on any atom is 0.266 e. The van der Waals surface area contributed by atoms with Crippen LogP contribution < -0.4 is 10.3 Å². The monoisotopic (exact) mass is 182 g/mol. The maximum absolute atomic E-state index is 11.0. The fraction of sp³-hybridized carbons (Fsp3) is 0.500. The summed E-state index contributed by atoms with van der Waals surface area (Å²) in [6.07, 6.45) is 0.0880. The van der Waals surface area contributed by atoms with Gasteiger partial charge in [-0.1, -0.05) is 0 Å². The molecule has 0 unspecified atom stereocenters. The highest BCUT2D eigenvalue weighted by molar-refractivity contribution is 5.07. The Kier molecular flexibility index (Phi) is 2.02. The van der Waals surface area contributed by atoms with Crippen molar-refractivity contribution in [2.24, 2.45) is 7.05 Å². The fourth-order valence-electron chi connectivity index (χ4n) is 0.997. The summed E-state index contributed by atoms with van der Waals surface area (Å²) in [5.41, 5.74) is -0.141. The van der Waals surface area contributed by atoms with Crippen LogP contribution in [0.5, 0.6) is 5.88 Å². The molecule has 0 saturated carbocycles. The van der Waals surface area contributed by atoms with Crippen LogP contribution in [0.15, 0.2) is 16.9 Å². The number of aromatic nitrogens is 2. The van der Waals surface area contributed by atoms with E-state index in [9.17, 15) is 4.79 Å². The molecular formula is C8H10N2O3. The van der Waals surface area contributed by atoms with Crippen molar-refractivity contribution in [2.45, 2.75) is 6.10 Å². The van der Waals surface area contributed by atoms with E-state index >= 15 is 0 Å². The Morgan fingerprint density at radius 2 is 2.38 bits per heavy atom. The van der Waals surface area contributed by atoms with Crippen LogP contribution in [0.25, 0.3) is 0 Å². The molecule has 13 heavy (non-hydrogen) atoms. The first-order chi connectivity index (χ1) is 6.25. The Bertz CT molecular complexity index is 357. The molecule has 1 aliphatic rings. The molecule has 2 rings (SSSR count). The van der Waals surface area contributed by atoms with Crippen LogP contribution in [0.4, 0.5) is 0 Å². The van der Waals surface area contributed by atoms with Gasteiger partial charge in [0.1, 0.15) is 6.10 Å². The summed E-state index contributed by atoms with van der Waals surface area (Å²) in [7, 11) is 1.59. The molecule has 0 amide bonds. The second kappa shape index (κ2) is 3.18. The van der Waals surface area contributed by atoms with Crippen molar-refractivity contribution in [1.82, 2.24) is 9.78 Å². The largest absolute Gasteiger partial charge is 0.468 e. The predicted molar refractivity (Wildman–Crippen MR) is 44.7 cm³/mol. The van der Waals surface area contributed by atoms with Gasteiger partial charge in [-0.2, -0.15) is 0 Å². The van der Waals surface area contributed by atoms with Crippen molar-refractivity contribution in [2.75, 3.05) is 13.2 Å². The summed E-state index contributed by atoms with van der Waals surface area (Å²) in [5, 5.41) is 3.92. The Labute approximate surface area is 74.9 Å². The Hall–Kier alpha value is -1.36. The maximum atomic E-state index is 11.0. The highest BCUT2D eigenvalue weighted by Crippen LogP contribution is 2.10. The molecule has 1 aromatic heterocycles. The summed E-state index contributed by atoms with van der Waals surface area (Å²) < 4.78 is 11.6. The Morgan fingerprint density at radius 1 is 1.62 bits per heavy atom. The Balaban J connectivity index is 2.11. The van der Waals surface area contributed by atoms with E-state index in [1.165, 1.54) is 10.7 Å². The molecular weight excluding hydrogens is 172 g/mol. The van der Waals surface area contributed by atoms with Gasteiger partial charge in [0.05, 0.1) is 13.2 Å². The van der Waals surface area contributed by atoms with E-state index in [4.69, 9.17) is 9.47 Å². The quantitative estimate of drug-likeness (QED) is 0.622. The van der Waals surface area contributed by atoms with Crippen LogP contribution in [0.2, 0.25) is 0 Å². The van der Waals surface area contributed by atoms with Crippen LogP contribution in [-0.4, -0.2) is 29.1 Å². The number of hydrogen-bond donors (Lipinski definition) is 0. The van der Waals surface area contributed by atoms with Crippen molar-refractivity contribution in [1.29, 1.82) is 0 Å². The van der Waals surface area contributed by atoms with Gasteiger partial charge in [0.25, 0.3) is 5.56 Å². The molecule has 1 aromatic rings. The first kappa shape index (κ1) is 8.25. The van der Waals surface area contributed by atoms with Crippen molar-refractivity contribution in [3.05, 3.63) is 22.5 Å². The molecule has 0 bridgehead atoms. The zero-order chi connectivity index (χ0) is 9.26. The smallest absolute Gasteiger partial charge is 0.266 e. The van der Waals surface area contributed by atoms with E-state index in [1.54, 1.807) is 13.1 Å². The van der Waals surface area contributed by atoms with E-state index < -0.39 is 0 Å². The zero-order valence-electron chi connectivity index (χ0n) is 7.27. The average molecular weight is 182 g/mol. The highest BCUT2D eigenvalue weighted by Gasteiger charge is 2.20. The van der Waals surface area contributed by atoms with Gasteiger partial charge in [0, 0.05) is 19.2 Å². The first-order valence-corrected chi connectivity index (χ1v) is 4.04. The standard InChI is InChI=1S/C8H10N2O3/c1-10-8(11)3-2-7(9-10)13-6-4-12-5-6/h2-3,6H,4-5H2,1H3. The van der Waals surface area contributed by atoms with Gasteiger partial charge < -0.3 is 9.47 Å². The SMILES string of the molecule is Cn1nc(OC2COC2)ccc1=O. The lowest BCUT2D eigenvalue weighted by Crippen LogP contribution is -2.39. The first-order valence-electron chi connectivity index (χ1n) is 4.04. The van der Waals surface area contributed by atoms with Crippen molar-refractivity contribution < 1.29 is 9.47 Å². The van der Waals surface area contributed by atoms with Crippen molar-refractivity contribution >= 4 is 0 Å². The van der Waals surface area contributed by atoms with Crippen LogP contribution >= 0.6 is 0 Å². The summed E-state index contributed by atoms with van der Waals surface area (Å²) >= 11 is 0. The highest BCUT2D eigenvalue weighted by atomic mass is 16.6. The number of hydrogen-bond acceptors (Lipinski definition) is 4. The molecule has 70 valence electrons. The lowest BCUT2D eigenvalue weighted by Gasteiger charge is -2.25. The number of nitrogens with zero attached hydrogens (tertiary/aromatic N) is 2. The molecule has 0 aliphatic carbocycles. The minimum absolute atomic E-state index is 0.0880. The van der Waals surface area contributed by atoms with Crippen LogP contribution in [-0.2, 0) is 11.8 Å². The molecule has 1 saturated heterocycles. The molecule has 0 atom stereocenters. The van der Waals surface area contributed by atoms with Crippen LogP contribution in [0, 0.1) is 0 Å². The molecule has 2 heterocycles. The van der Waals surface area contributed by atoms with E-state index in [1.807, 2.05) is 0 Å². The third-order valence-electron chi connectivity index (χ3n) is 1.83. The third-order valence-corrected chi connectivity index (χ3v) is 1.83. The summed E-state index contributed by atoms with van der Waals surface area (Å²) in [6, 6.07) is 3.00. The van der Waals surface area contributed by atoms with Gasteiger partial charge in [0.2, 0.25) is 5.88 Å². The second-order valence-corrected chi connectivity index (χ2v) is 2.91. The number of aryl methyl sites for hydroxylation is 1. The fourth-order valence-corrected chi connectivity index (χ4v) is 0.997. The minimum Gasteiger partial charge on any atom is -0.468 e. The topological polar surface area (TPSA) is 53.4 Å². The molecule has 1 fully saturated rings. The van der Waals surface area contributed by atoms with E-state index in [0.29, 0.717) is 19.1 Å². The molecule has 0 radical (unpaired) electrons. The van der Waals surface area contributed by atoms with Gasteiger partial charge in [-0.25, -0.2) is 4.68 Å². The van der Waals surface area contributed by atoms with Crippen LogP contribution in [0.3, 0.4) is 0 Å². The lowest BCUT2D eigenvalue weighted by atomic mass is 10.3. The lowest BCUT2D eigenvalue weighted by molar-refractivity contribution is -0.0819. The third kappa shape index (κ3) is 1.70. The van der Waals surface area contributed by atoms with Gasteiger partial charge in [-0.05, 0) is 0 Å². The molecule has 0 aromatic carbocycles. The molecule has 5 heteroatoms. The van der Waals surface area contributed by atoms with Gasteiger partial charge in [-0.3, -0.25) is 4.79 Å². The molecule has 0 N–H and O–H groups in total. The number of rotatable bonds is 2. The van der Waals surface area contributed by atoms with Crippen molar-refractivity contribution in [3.63, 3.8) is 0 Å². The van der Waals surface area contributed by atoms with Gasteiger partial charge in [0.15, 0.2) is 0 Å². The predicted octanol–water partition coefficient (Wildman–Crippen LogP) is -0.442. The van der Waals surface area contributed by atoms with E-state index in [-0.39, 0.29) is 11.7 Å². The normalized spacial score (nSPS) is 16.7. The van der Waals surface area contributed by atoms with Crippen LogP contribution in [0.1, 0.15) is 0 Å². The average Bonchev–Trinajstić information content (AvgIpc) is 2.04.